The number of rotatable bonds is 8. The van der Waals surface area contributed by atoms with Crippen molar-refractivity contribution in [1.29, 1.82) is 0 Å². The second-order valence-corrected chi connectivity index (χ2v) is 19.1. The lowest BCUT2D eigenvalue weighted by Gasteiger charge is -2.35. The minimum atomic E-state index is 0.279. The molecule has 13 rings (SSSR count). The lowest BCUT2D eigenvalue weighted by molar-refractivity contribution is 0.511. The predicted molar refractivity (Wildman–Crippen MR) is 279 cm³/mol. The highest BCUT2D eigenvalue weighted by Gasteiger charge is 2.34. The Balaban J connectivity index is 0.967. The van der Waals surface area contributed by atoms with Gasteiger partial charge in [-0.3, -0.25) is 0 Å². The summed E-state index contributed by atoms with van der Waals surface area (Å²) in [5.41, 5.74) is 22.1. The van der Waals surface area contributed by atoms with E-state index in [1.807, 2.05) is 0 Å². The summed E-state index contributed by atoms with van der Waals surface area (Å²) in [4.78, 5) is 10.5. The van der Waals surface area contributed by atoms with E-state index in [4.69, 9.17) is 9.97 Å². The minimum Gasteiger partial charge on any atom is -0.310 e. The molecule has 0 saturated carbocycles. The van der Waals surface area contributed by atoms with Crippen molar-refractivity contribution >= 4 is 33.1 Å². The predicted octanol–water partition coefficient (Wildman–Crippen LogP) is 16.0. The van der Waals surface area contributed by atoms with Crippen LogP contribution in [0.5, 0.6) is 0 Å². The van der Waals surface area contributed by atoms with Crippen LogP contribution in [0.3, 0.4) is 0 Å². The van der Waals surface area contributed by atoms with Crippen molar-refractivity contribution in [3.63, 3.8) is 0 Å². The minimum absolute atomic E-state index is 0.279. The molecule has 0 fully saturated rings. The average molecular weight is 862 g/mol. The largest absolute Gasteiger partial charge is 0.310 e. The molecule has 3 atom stereocenters. The summed E-state index contributed by atoms with van der Waals surface area (Å²) in [6, 6.07) is 63.0. The summed E-state index contributed by atoms with van der Waals surface area (Å²) >= 11 is 0. The standard InChI is InChI=1S/C64H51N3/c1-5-19-42(20-6-1)33-46-35-48-37-55-47(34-45-25-13-14-29-52(45)61-41-60(43-21-7-2-8-22-43)65-64(66-61)44-23-9-3-10-24-44)36-49-38-63-59(40-57(49)58(55)39-56(48)53-30-16-15-28-51(46)53)54-31-17-18-32-62(54)67(63)50-26-11-4-12-27-50/h1-3,5-11,13-24,26-32,37-41,45-47H,4,12,25,33-36H2. The van der Waals surface area contributed by atoms with Crippen LogP contribution in [0.1, 0.15) is 71.0 Å². The zero-order valence-corrected chi connectivity index (χ0v) is 37.7. The molecule has 0 amide bonds. The van der Waals surface area contributed by atoms with Gasteiger partial charge in [0, 0.05) is 27.6 Å². The number of fused-ring (bicyclic) bond motifs is 9. The van der Waals surface area contributed by atoms with Crippen molar-refractivity contribution in [2.45, 2.75) is 56.8 Å². The fourth-order valence-electron chi connectivity index (χ4n) is 11.9. The number of allylic oxidation sites excluding steroid dienone is 8. The zero-order valence-electron chi connectivity index (χ0n) is 37.7. The van der Waals surface area contributed by atoms with Gasteiger partial charge in [-0.1, -0.05) is 170 Å². The highest BCUT2D eigenvalue weighted by Crippen LogP contribution is 2.52. The van der Waals surface area contributed by atoms with Gasteiger partial charge in [0.1, 0.15) is 0 Å². The molecule has 322 valence electrons. The summed E-state index contributed by atoms with van der Waals surface area (Å²) in [5, 5.41) is 2.64. The van der Waals surface area contributed by atoms with E-state index in [1.165, 1.54) is 83.1 Å². The van der Waals surface area contributed by atoms with Crippen LogP contribution in [-0.2, 0) is 19.3 Å². The molecule has 0 N–H and O–H groups in total. The molecular formula is C64H51N3. The fourth-order valence-corrected chi connectivity index (χ4v) is 11.9. The van der Waals surface area contributed by atoms with E-state index in [0.717, 1.165) is 73.3 Å². The van der Waals surface area contributed by atoms with E-state index in [-0.39, 0.29) is 5.92 Å². The topological polar surface area (TPSA) is 30.7 Å². The number of nitrogens with zero attached hydrogens (tertiary/aromatic N) is 3. The first-order chi connectivity index (χ1) is 33.2. The average Bonchev–Trinajstić information content (AvgIpc) is 3.72. The van der Waals surface area contributed by atoms with Gasteiger partial charge < -0.3 is 4.57 Å². The second-order valence-electron chi connectivity index (χ2n) is 19.1. The van der Waals surface area contributed by atoms with Gasteiger partial charge in [0.05, 0.1) is 22.4 Å². The summed E-state index contributed by atoms with van der Waals surface area (Å²) in [6.07, 6.45) is 21.2. The Morgan fingerprint density at radius 2 is 1.22 bits per heavy atom. The molecule has 0 saturated heterocycles. The van der Waals surface area contributed by atoms with Crippen LogP contribution < -0.4 is 0 Å². The van der Waals surface area contributed by atoms with Gasteiger partial charge in [-0.25, -0.2) is 9.97 Å². The van der Waals surface area contributed by atoms with Crippen LogP contribution in [-0.4, -0.2) is 14.5 Å². The van der Waals surface area contributed by atoms with Crippen molar-refractivity contribution in [1.82, 2.24) is 14.5 Å². The molecule has 0 spiro atoms. The van der Waals surface area contributed by atoms with Gasteiger partial charge in [-0.05, 0) is 155 Å². The Hall–Kier alpha value is -7.62. The van der Waals surface area contributed by atoms with Gasteiger partial charge in [0.25, 0.3) is 0 Å². The summed E-state index contributed by atoms with van der Waals surface area (Å²) in [5.74, 6) is 1.77. The molecule has 3 nitrogen and oxygen atoms in total. The van der Waals surface area contributed by atoms with E-state index in [2.05, 4.69) is 211 Å². The molecule has 2 heterocycles. The van der Waals surface area contributed by atoms with E-state index < -0.39 is 0 Å². The molecule has 0 bridgehead atoms. The molecule has 3 heteroatoms. The third kappa shape index (κ3) is 7.13. The number of para-hydroxylation sites is 1. The van der Waals surface area contributed by atoms with Crippen molar-refractivity contribution < 1.29 is 0 Å². The number of aromatic nitrogens is 3. The molecular weight excluding hydrogens is 811 g/mol. The van der Waals surface area contributed by atoms with Crippen molar-refractivity contribution in [2.75, 3.05) is 0 Å². The number of hydrogen-bond acceptors (Lipinski definition) is 2. The molecule has 3 unspecified atom stereocenters. The third-order valence-corrected chi connectivity index (χ3v) is 15.0. The zero-order chi connectivity index (χ0) is 44.3. The molecule has 4 aliphatic rings. The summed E-state index contributed by atoms with van der Waals surface area (Å²) in [6.45, 7) is 0. The van der Waals surface area contributed by atoms with E-state index >= 15 is 0 Å². The Morgan fingerprint density at radius 1 is 0.507 bits per heavy atom. The maximum Gasteiger partial charge on any atom is 0.160 e. The quantitative estimate of drug-likeness (QED) is 0.152. The molecule has 4 aliphatic carbocycles. The SMILES string of the molecule is C1=CCC(CC2Cc3cc4c(cc3-c3cc5c(cc32)CC(Cc2ccccc2)c2ccccc2-5)c2ccccc2n4C2=CCCC=C2)C(c2cc(-c3ccccc3)nc(-c3ccccc3)n2)=C1. The monoisotopic (exact) mass is 861 g/mol. The van der Waals surface area contributed by atoms with Crippen molar-refractivity contribution in [2.24, 2.45) is 5.92 Å². The van der Waals surface area contributed by atoms with Crippen LogP contribution in [0.4, 0.5) is 0 Å². The fraction of sp³-hybridized carbons (Fsp3) is 0.156. The van der Waals surface area contributed by atoms with Crippen LogP contribution in [0, 0.1) is 5.92 Å². The highest BCUT2D eigenvalue weighted by atomic mass is 15.0. The first-order valence-electron chi connectivity index (χ1n) is 24.3. The lowest BCUT2D eigenvalue weighted by Crippen LogP contribution is -2.20. The van der Waals surface area contributed by atoms with Gasteiger partial charge >= 0.3 is 0 Å². The van der Waals surface area contributed by atoms with E-state index in [0.29, 0.717) is 11.8 Å². The molecule has 9 aromatic rings. The van der Waals surface area contributed by atoms with Crippen LogP contribution in [0.2, 0.25) is 0 Å². The first kappa shape index (κ1) is 39.7. The lowest BCUT2D eigenvalue weighted by atomic mass is 9.69. The highest BCUT2D eigenvalue weighted by molar-refractivity contribution is 6.12. The molecule has 7 aromatic carbocycles. The smallest absolute Gasteiger partial charge is 0.160 e. The first-order valence-corrected chi connectivity index (χ1v) is 24.3. The van der Waals surface area contributed by atoms with E-state index in [9.17, 15) is 0 Å². The Morgan fingerprint density at radius 3 is 2.06 bits per heavy atom. The van der Waals surface area contributed by atoms with Crippen LogP contribution in [0.15, 0.2) is 206 Å². The van der Waals surface area contributed by atoms with Crippen molar-refractivity contribution in [3.8, 4) is 44.9 Å². The van der Waals surface area contributed by atoms with Gasteiger partial charge in [-0.15, -0.1) is 0 Å². The van der Waals surface area contributed by atoms with Gasteiger partial charge in [0.15, 0.2) is 5.82 Å². The summed E-state index contributed by atoms with van der Waals surface area (Å²) < 4.78 is 2.53. The normalized spacial score (nSPS) is 18.2. The molecule has 0 aliphatic heterocycles. The van der Waals surface area contributed by atoms with Gasteiger partial charge in [-0.2, -0.15) is 0 Å². The Kier molecular flexibility index (Phi) is 9.88. The van der Waals surface area contributed by atoms with Crippen LogP contribution in [0.25, 0.3) is 78.0 Å². The third-order valence-electron chi connectivity index (χ3n) is 15.0. The molecule has 67 heavy (non-hydrogen) atoms. The number of benzene rings is 7. The Labute approximate surface area is 393 Å². The second kappa shape index (κ2) is 16.7. The molecule has 0 radical (unpaired) electrons. The summed E-state index contributed by atoms with van der Waals surface area (Å²) in [7, 11) is 0. The maximum atomic E-state index is 5.38. The van der Waals surface area contributed by atoms with E-state index in [1.54, 1.807) is 0 Å². The van der Waals surface area contributed by atoms with Crippen LogP contribution >= 0.6 is 0 Å². The maximum absolute atomic E-state index is 5.38. The van der Waals surface area contributed by atoms with Gasteiger partial charge in [0.2, 0.25) is 0 Å². The molecule has 2 aromatic heterocycles. The van der Waals surface area contributed by atoms with Crippen molar-refractivity contribution in [3.05, 3.63) is 240 Å². The Bertz CT molecular complexity index is 3440. The number of hydrogen-bond donors (Lipinski definition) is 0.